The zero-order valence-electron chi connectivity index (χ0n) is 17.4. The highest BCUT2D eigenvalue weighted by molar-refractivity contribution is 5.89. The first-order valence-corrected chi connectivity index (χ1v) is 10.7. The van der Waals surface area contributed by atoms with E-state index in [4.69, 9.17) is 14.6 Å². The highest BCUT2D eigenvalue weighted by Crippen LogP contribution is 2.42. The number of ether oxygens (including phenoxy) is 2. The smallest absolute Gasteiger partial charge is 0.244 e. The number of rotatable bonds is 4. The second kappa shape index (κ2) is 7.16. The zero-order valence-corrected chi connectivity index (χ0v) is 17.4. The molecule has 4 aromatic rings. The second-order valence-corrected chi connectivity index (χ2v) is 8.64. The van der Waals surface area contributed by atoms with Crippen LogP contribution in [0.25, 0.3) is 27.7 Å². The standard InChI is InChI=1S/C23H24N6O2/c1-30-21-20-17(15-2-3-18-19(12-15)25-10-9-24-18)6-11-29(20)28-22(27-21)26-16-4-7-23(8-5-16)13-31-14-23/h2-3,6,9-12,16H,4-5,7-8,13-14H2,1H3,(H,26,28). The topological polar surface area (TPSA) is 86.5 Å². The van der Waals surface area contributed by atoms with E-state index < -0.39 is 0 Å². The van der Waals surface area contributed by atoms with Gasteiger partial charge in [-0.05, 0) is 49.4 Å². The maximum atomic E-state index is 5.67. The van der Waals surface area contributed by atoms with Crippen molar-refractivity contribution < 1.29 is 9.47 Å². The summed E-state index contributed by atoms with van der Waals surface area (Å²) in [6.07, 6.45) is 9.97. The molecule has 1 N–H and O–H groups in total. The van der Waals surface area contributed by atoms with Crippen LogP contribution in [0.5, 0.6) is 5.88 Å². The summed E-state index contributed by atoms with van der Waals surface area (Å²) in [6.45, 7) is 1.84. The van der Waals surface area contributed by atoms with Crippen molar-refractivity contribution in [2.45, 2.75) is 31.7 Å². The number of anilines is 1. The van der Waals surface area contributed by atoms with Crippen LogP contribution in [-0.2, 0) is 4.74 Å². The van der Waals surface area contributed by atoms with Crippen LogP contribution in [0, 0.1) is 5.41 Å². The van der Waals surface area contributed by atoms with Crippen molar-refractivity contribution >= 4 is 22.5 Å². The van der Waals surface area contributed by atoms with Crippen molar-refractivity contribution in [2.75, 3.05) is 25.6 Å². The molecule has 31 heavy (non-hydrogen) atoms. The number of benzene rings is 1. The molecule has 1 aromatic carbocycles. The maximum Gasteiger partial charge on any atom is 0.244 e. The molecule has 0 atom stereocenters. The summed E-state index contributed by atoms with van der Waals surface area (Å²) in [4.78, 5) is 13.5. The highest BCUT2D eigenvalue weighted by atomic mass is 16.5. The summed E-state index contributed by atoms with van der Waals surface area (Å²) in [6, 6.07) is 8.47. The van der Waals surface area contributed by atoms with E-state index in [-0.39, 0.29) is 0 Å². The Labute approximate surface area is 179 Å². The van der Waals surface area contributed by atoms with Crippen LogP contribution in [-0.4, -0.2) is 50.9 Å². The van der Waals surface area contributed by atoms with Gasteiger partial charge in [0.1, 0.15) is 5.52 Å². The Balaban J connectivity index is 1.31. The van der Waals surface area contributed by atoms with Gasteiger partial charge in [-0.3, -0.25) is 9.97 Å². The summed E-state index contributed by atoms with van der Waals surface area (Å²) in [5, 5.41) is 8.24. The van der Waals surface area contributed by atoms with E-state index in [9.17, 15) is 0 Å². The molecule has 0 amide bonds. The predicted octanol–water partition coefficient (Wildman–Crippen LogP) is 3.72. The molecule has 158 valence electrons. The molecular weight excluding hydrogens is 392 g/mol. The van der Waals surface area contributed by atoms with Gasteiger partial charge in [-0.25, -0.2) is 4.52 Å². The Bertz CT molecular complexity index is 1260. The molecule has 1 aliphatic carbocycles. The number of hydrogen-bond donors (Lipinski definition) is 1. The van der Waals surface area contributed by atoms with Gasteiger partial charge in [-0.1, -0.05) is 6.07 Å². The monoisotopic (exact) mass is 416 g/mol. The Hall–Kier alpha value is -3.26. The van der Waals surface area contributed by atoms with Gasteiger partial charge in [0.25, 0.3) is 0 Å². The Morgan fingerprint density at radius 1 is 1.10 bits per heavy atom. The summed E-state index contributed by atoms with van der Waals surface area (Å²) in [5.41, 5.74) is 5.02. The van der Waals surface area contributed by atoms with Crippen molar-refractivity contribution in [1.82, 2.24) is 24.6 Å². The fourth-order valence-corrected chi connectivity index (χ4v) is 4.80. The third kappa shape index (κ3) is 3.18. The van der Waals surface area contributed by atoms with Gasteiger partial charge in [0.05, 0.1) is 31.4 Å². The van der Waals surface area contributed by atoms with E-state index >= 15 is 0 Å². The predicted molar refractivity (Wildman–Crippen MR) is 117 cm³/mol. The number of fused-ring (bicyclic) bond motifs is 2. The van der Waals surface area contributed by atoms with Crippen LogP contribution < -0.4 is 10.1 Å². The molecule has 1 saturated heterocycles. The van der Waals surface area contributed by atoms with Crippen molar-refractivity contribution in [1.29, 1.82) is 0 Å². The molecule has 8 heteroatoms. The van der Waals surface area contributed by atoms with E-state index in [1.54, 1.807) is 19.5 Å². The fraction of sp³-hybridized carbons (Fsp3) is 0.391. The lowest BCUT2D eigenvalue weighted by atomic mass is 9.71. The molecule has 0 unspecified atom stereocenters. The van der Waals surface area contributed by atoms with Crippen LogP contribution in [0.2, 0.25) is 0 Å². The number of methoxy groups -OCH3 is 1. The molecule has 4 heterocycles. The lowest BCUT2D eigenvalue weighted by Gasteiger charge is -2.46. The minimum absolute atomic E-state index is 0.377. The molecule has 2 aliphatic rings. The molecule has 3 aromatic heterocycles. The van der Waals surface area contributed by atoms with Crippen LogP contribution in [0.4, 0.5) is 5.95 Å². The average molecular weight is 416 g/mol. The first-order chi connectivity index (χ1) is 15.2. The summed E-state index contributed by atoms with van der Waals surface area (Å²) < 4.78 is 12.9. The molecule has 0 bridgehead atoms. The average Bonchev–Trinajstić information content (AvgIpc) is 3.22. The van der Waals surface area contributed by atoms with Crippen molar-refractivity contribution in [3.8, 4) is 17.0 Å². The second-order valence-electron chi connectivity index (χ2n) is 8.64. The lowest BCUT2D eigenvalue weighted by Crippen LogP contribution is -2.47. The first kappa shape index (κ1) is 18.5. The van der Waals surface area contributed by atoms with E-state index in [2.05, 4.69) is 20.3 Å². The minimum atomic E-state index is 0.377. The quantitative estimate of drug-likeness (QED) is 0.543. The van der Waals surface area contributed by atoms with Crippen molar-refractivity contribution in [2.24, 2.45) is 5.41 Å². The van der Waals surface area contributed by atoms with Crippen LogP contribution in [0.15, 0.2) is 42.9 Å². The third-order valence-electron chi connectivity index (χ3n) is 6.65. The number of nitrogens with zero attached hydrogens (tertiary/aromatic N) is 5. The number of nitrogens with one attached hydrogen (secondary N) is 1. The van der Waals surface area contributed by atoms with Gasteiger partial charge in [0, 0.05) is 35.6 Å². The summed E-state index contributed by atoms with van der Waals surface area (Å²) in [7, 11) is 1.65. The normalized spacial score (nSPS) is 18.4. The maximum absolute atomic E-state index is 5.67. The molecule has 6 rings (SSSR count). The highest BCUT2D eigenvalue weighted by Gasteiger charge is 2.41. The molecule has 1 saturated carbocycles. The lowest BCUT2D eigenvalue weighted by molar-refractivity contribution is -0.131. The first-order valence-electron chi connectivity index (χ1n) is 10.7. The largest absolute Gasteiger partial charge is 0.479 e. The van der Waals surface area contributed by atoms with Crippen LogP contribution in [0.1, 0.15) is 25.7 Å². The van der Waals surface area contributed by atoms with Crippen molar-refractivity contribution in [3.05, 3.63) is 42.9 Å². The third-order valence-corrected chi connectivity index (χ3v) is 6.65. The molecule has 2 fully saturated rings. The van der Waals surface area contributed by atoms with E-state index in [0.29, 0.717) is 23.3 Å². The molecule has 1 aliphatic heterocycles. The van der Waals surface area contributed by atoms with Crippen LogP contribution >= 0.6 is 0 Å². The molecule has 1 spiro atoms. The molecule has 8 nitrogen and oxygen atoms in total. The van der Waals surface area contributed by atoms with Gasteiger partial charge in [0.2, 0.25) is 11.8 Å². The number of aromatic nitrogens is 5. The fourth-order valence-electron chi connectivity index (χ4n) is 4.80. The Kier molecular flexibility index (Phi) is 4.27. The van der Waals surface area contributed by atoms with Gasteiger partial charge in [-0.2, -0.15) is 4.98 Å². The summed E-state index contributed by atoms with van der Waals surface area (Å²) in [5.74, 6) is 1.15. The van der Waals surface area contributed by atoms with E-state index in [1.165, 1.54) is 12.8 Å². The SMILES string of the molecule is COc1nc(NC2CCC3(CC2)COC3)nn2ccc(-c3ccc4nccnc4c3)c12. The van der Waals surface area contributed by atoms with E-state index in [0.717, 1.165) is 53.7 Å². The summed E-state index contributed by atoms with van der Waals surface area (Å²) >= 11 is 0. The van der Waals surface area contributed by atoms with Gasteiger partial charge in [0.15, 0.2) is 0 Å². The van der Waals surface area contributed by atoms with Crippen LogP contribution in [0.3, 0.4) is 0 Å². The molecule has 0 radical (unpaired) electrons. The van der Waals surface area contributed by atoms with Gasteiger partial charge < -0.3 is 14.8 Å². The Morgan fingerprint density at radius 2 is 1.90 bits per heavy atom. The van der Waals surface area contributed by atoms with Crippen molar-refractivity contribution in [3.63, 3.8) is 0 Å². The number of hydrogen-bond acceptors (Lipinski definition) is 7. The minimum Gasteiger partial charge on any atom is -0.479 e. The van der Waals surface area contributed by atoms with Gasteiger partial charge in [-0.15, -0.1) is 5.10 Å². The van der Waals surface area contributed by atoms with Gasteiger partial charge >= 0.3 is 0 Å². The zero-order chi connectivity index (χ0) is 20.8. The Morgan fingerprint density at radius 3 is 2.65 bits per heavy atom. The van der Waals surface area contributed by atoms with E-state index in [1.807, 2.05) is 35.0 Å². The molecular formula is C23H24N6O2.